The number of nitrogens with two attached hydrogens (primary N) is 1. The Balaban J connectivity index is 3.02. The topological polar surface area (TPSA) is 61.8 Å². The number of hydrogen-bond acceptors (Lipinski definition) is 3. The monoisotopic (exact) mass is 83.0 g/mol. The molecule has 0 spiro atoms. The van der Waals surface area contributed by atoms with Crippen molar-refractivity contribution < 1.29 is 0 Å². The molecule has 0 fully saturated rings. The SMILES string of the molecule is N#CC=CNN. The molecule has 0 bridgehead atoms. The van der Waals surface area contributed by atoms with Gasteiger partial charge in [0, 0.05) is 12.3 Å². The molecule has 0 aliphatic rings. The molecule has 0 radical (unpaired) electrons. The number of rotatable bonds is 1. The average Bonchev–Trinajstić information content (AvgIpc) is 1.61. The van der Waals surface area contributed by atoms with Crippen molar-refractivity contribution in [3.8, 4) is 6.07 Å². The highest BCUT2D eigenvalue weighted by Gasteiger charge is 1.53. The van der Waals surface area contributed by atoms with Crippen molar-refractivity contribution in [2.24, 2.45) is 5.84 Å². The molecule has 0 aromatic rings. The van der Waals surface area contributed by atoms with Crippen molar-refractivity contribution in [3.05, 3.63) is 12.3 Å². The highest BCUT2D eigenvalue weighted by molar-refractivity contribution is 4.99. The molecule has 0 rings (SSSR count). The minimum absolute atomic E-state index is 1.25. The Labute approximate surface area is 36.0 Å². The van der Waals surface area contributed by atoms with Gasteiger partial charge in [-0.1, -0.05) is 0 Å². The molecule has 3 heteroatoms. The summed E-state index contributed by atoms with van der Waals surface area (Å²) in [6, 6.07) is 1.75. The zero-order valence-corrected chi connectivity index (χ0v) is 3.18. The van der Waals surface area contributed by atoms with Crippen LogP contribution >= 0.6 is 0 Å². The lowest BCUT2D eigenvalue weighted by Gasteiger charge is -1.75. The smallest absolute Gasteiger partial charge is 0.0927 e. The zero-order valence-electron chi connectivity index (χ0n) is 3.18. The molecule has 0 atom stereocenters. The highest BCUT2D eigenvalue weighted by Crippen LogP contribution is 1.53. The number of nitriles is 1. The Morgan fingerprint density at radius 3 is 2.67 bits per heavy atom. The molecule has 0 unspecified atom stereocenters. The third-order valence-corrected chi connectivity index (χ3v) is 0.254. The molecule has 0 saturated heterocycles. The first kappa shape index (κ1) is 4.99. The van der Waals surface area contributed by atoms with E-state index in [1.165, 1.54) is 12.3 Å². The quantitative estimate of drug-likeness (QED) is 0.255. The predicted octanol–water partition coefficient (Wildman–Crippen LogP) is -0.513. The zero-order chi connectivity index (χ0) is 4.83. The van der Waals surface area contributed by atoms with Crippen LogP contribution in [0.15, 0.2) is 12.3 Å². The molecule has 0 aromatic carbocycles. The summed E-state index contributed by atoms with van der Waals surface area (Å²) >= 11 is 0. The molecule has 0 amide bonds. The van der Waals surface area contributed by atoms with Gasteiger partial charge in [0.05, 0.1) is 6.07 Å². The summed E-state index contributed by atoms with van der Waals surface area (Å²) in [5, 5.41) is 7.76. The molecular weight excluding hydrogens is 78.1 g/mol. The van der Waals surface area contributed by atoms with Crippen LogP contribution in [0.2, 0.25) is 0 Å². The van der Waals surface area contributed by atoms with Crippen LogP contribution in [0.1, 0.15) is 0 Å². The summed E-state index contributed by atoms with van der Waals surface area (Å²) in [6.45, 7) is 0. The van der Waals surface area contributed by atoms with Crippen LogP contribution in [-0.4, -0.2) is 0 Å². The van der Waals surface area contributed by atoms with E-state index in [1.54, 1.807) is 6.07 Å². The number of hydrazine groups is 1. The maximum atomic E-state index is 7.76. The predicted molar refractivity (Wildman–Crippen MR) is 22.1 cm³/mol. The van der Waals surface area contributed by atoms with Gasteiger partial charge < -0.3 is 5.43 Å². The first-order valence-electron chi connectivity index (χ1n) is 1.42. The van der Waals surface area contributed by atoms with E-state index in [0.717, 1.165) is 0 Å². The Bertz CT molecular complexity index is 78.5. The maximum Gasteiger partial charge on any atom is 0.0927 e. The molecule has 6 heavy (non-hydrogen) atoms. The fourth-order valence-electron chi connectivity index (χ4n) is 0.0854. The second-order valence-electron chi connectivity index (χ2n) is 0.629. The molecule has 3 nitrogen and oxygen atoms in total. The Hall–Kier alpha value is -1.01. The first-order valence-corrected chi connectivity index (χ1v) is 1.42. The minimum atomic E-state index is 1.25. The summed E-state index contributed by atoms with van der Waals surface area (Å²) in [6.07, 6.45) is 2.60. The van der Waals surface area contributed by atoms with Crippen LogP contribution in [0.3, 0.4) is 0 Å². The Kier molecular flexibility index (Phi) is 3.32. The van der Waals surface area contributed by atoms with Crippen LogP contribution in [0.5, 0.6) is 0 Å². The summed E-state index contributed by atoms with van der Waals surface area (Å²) in [7, 11) is 0. The Morgan fingerprint density at radius 2 is 2.50 bits per heavy atom. The fourth-order valence-corrected chi connectivity index (χ4v) is 0.0854. The van der Waals surface area contributed by atoms with E-state index < -0.39 is 0 Å². The number of nitrogens with one attached hydrogen (secondary N) is 1. The molecule has 0 aliphatic carbocycles. The van der Waals surface area contributed by atoms with Crippen LogP contribution < -0.4 is 11.3 Å². The van der Waals surface area contributed by atoms with Gasteiger partial charge in [0.15, 0.2) is 0 Å². The van der Waals surface area contributed by atoms with E-state index in [-0.39, 0.29) is 0 Å². The third kappa shape index (κ3) is 2.99. The first-order chi connectivity index (χ1) is 2.91. The van der Waals surface area contributed by atoms with Crippen molar-refractivity contribution in [2.75, 3.05) is 0 Å². The number of nitrogens with zero attached hydrogens (tertiary/aromatic N) is 1. The average molecular weight is 83.1 g/mol. The lowest BCUT2D eigenvalue weighted by atomic mass is 10.7. The fraction of sp³-hybridized carbons (Fsp3) is 0. The van der Waals surface area contributed by atoms with E-state index in [0.29, 0.717) is 0 Å². The standard InChI is InChI=1S/C3H5N3/c4-2-1-3-6-5/h1,3,6H,5H2. The highest BCUT2D eigenvalue weighted by atomic mass is 15.2. The van der Waals surface area contributed by atoms with E-state index >= 15 is 0 Å². The van der Waals surface area contributed by atoms with Gasteiger partial charge >= 0.3 is 0 Å². The molecule has 0 heterocycles. The molecule has 32 valence electrons. The summed E-state index contributed by atoms with van der Waals surface area (Å²) in [5.41, 5.74) is 2.17. The van der Waals surface area contributed by atoms with Gasteiger partial charge in [-0.3, -0.25) is 5.84 Å². The third-order valence-electron chi connectivity index (χ3n) is 0.254. The van der Waals surface area contributed by atoms with Crippen molar-refractivity contribution in [1.29, 1.82) is 5.26 Å². The molecule has 0 aromatic heterocycles. The van der Waals surface area contributed by atoms with Crippen LogP contribution in [0.25, 0.3) is 0 Å². The van der Waals surface area contributed by atoms with Crippen LogP contribution in [0, 0.1) is 11.3 Å². The number of allylic oxidation sites excluding steroid dienone is 1. The second kappa shape index (κ2) is 3.99. The van der Waals surface area contributed by atoms with Gasteiger partial charge in [0.1, 0.15) is 0 Å². The van der Waals surface area contributed by atoms with Gasteiger partial charge in [0.25, 0.3) is 0 Å². The molecule has 0 saturated carbocycles. The summed E-state index contributed by atoms with van der Waals surface area (Å²) < 4.78 is 0. The van der Waals surface area contributed by atoms with E-state index in [4.69, 9.17) is 11.1 Å². The normalized spacial score (nSPS) is 8.00. The van der Waals surface area contributed by atoms with Gasteiger partial charge in [-0.25, -0.2) is 0 Å². The molecular formula is C3H5N3. The van der Waals surface area contributed by atoms with Crippen molar-refractivity contribution >= 4 is 0 Å². The van der Waals surface area contributed by atoms with E-state index in [1.807, 2.05) is 0 Å². The van der Waals surface area contributed by atoms with Crippen molar-refractivity contribution in [3.63, 3.8) is 0 Å². The Morgan fingerprint density at radius 1 is 1.83 bits per heavy atom. The molecule has 0 aliphatic heterocycles. The number of hydrogen-bond donors (Lipinski definition) is 2. The van der Waals surface area contributed by atoms with Crippen molar-refractivity contribution in [2.45, 2.75) is 0 Å². The van der Waals surface area contributed by atoms with Crippen molar-refractivity contribution in [1.82, 2.24) is 5.43 Å². The maximum absolute atomic E-state index is 7.76. The van der Waals surface area contributed by atoms with Gasteiger partial charge in [-0.15, -0.1) is 0 Å². The lowest BCUT2D eigenvalue weighted by molar-refractivity contribution is 0.968. The summed E-state index contributed by atoms with van der Waals surface area (Å²) in [5.74, 6) is 4.73. The molecule has 3 N–H and O–H groups in total. The van der Waals surface area contributed by atoms with Crippen LogP contribution in [-0.2, 0) is 0 Å². The van der Waals surface area contributed by atoms with Crippen LogP contribution in [0.4, 0.5) is 0 Å². The van der Waals surface area contributed by atoms with E-state index in [9.17, 15) is 0 Å². The van der Waals surface area contributed by atoms with Gasteiger partial charge in [0.2, 0.25) is 0 Å². The van der Waals surface area contributed by atoms with Gasteiger partial charge in [-0.05, 0) is 0 Å². The summed E-state index contributed by atoms with van der Waals surface area (Å²) in [4.78, 5) is 0. The minimum Gasteiger partial charge on any atom is -0.331 e. The van der Waals surface area contributed by atoms with Gasteiger partial charge in [-0.2, -0.15) is 5.26 Å². The second-order valence-corrected chi connectivity index (χ2v) is 0.629. The van der Waals surface area contributed by atoms with E-state index in [2.05, 4.69) is 5.43 Å². The lowest BCUT2D eigenvalue weighted by Crippen LogP contribution is -2.12. The largest absolute Gasteiger partial charge is 0.331 e.